The summed E-state index contributed by atoms with van der Waals surface area (Å²) < 4.78 is 30.4. The van der Waals surface area contributed by atoms with Crippen molar-refractivity contribution >= 4 is 10.4 Å². The van der Waals surface area contributed by atoms with Crippen molar-refractivity contribution in [1.82, 2.24) is 5.59 Å². The molecule has 6 nitrogen and oxygen atoms in total. The van der Waals surface area contributed by atoms with Gasteiger partial charge in [-0.3, -0.25) is 0 Å². The fourth-order valence-electron chi connectivity index (χ4n) is 1.83. The maximum atomic E-state index is 10.9. The third kappa shape index (κ3) is 14.0. The van der Waals surface area contributed by atoms with Gasteiger partial charge < -0.3 is 0 Å². The molecule has 0 bridgehead atoms. The summed E-state index contributed by atoms with van der Waals surface area (Å²) in [5.41, 5.74) is 1.58. The molecule has 3 N–H and O–H groups in total. The highest BCUT2D eigenvalue weighted by Gasteiger charge is 2.10. The molecular formula is C12H28N2O4S. The van der Waals surface area contributed by atoms with Gasteiger partial charge in [-0.1, -0.05) is 64.7 Å². The molecule has 7 heteroatoms. The van der Waals surface area contributed by atoms with Crippen LogP contribution < -0.4 is 11.4 Å². The summed E-state index contributed by atoms with van der Waals surface area (Å²) in [6.07, 6.45) is 11.9. The van der Waals surface area contributed by atoms with Gasteiger partial charge in [0.05, 0.1) is 6.61 Å². The van der Waals surface area contributed by atoms with Crippen LogP contribution in [0.15, 0.2) is 0 Å². The molecule has 19 heavy (non-hydrogen) atoms. The van der Waals surface area contributed by atoms with E-state index in [0.29, 0.717) is 6.42 Å². The van der Waals surface area contributed by atoms with E-state index in [2.05, 4.69) is 15.4 Å². The summed E-state index contributed by atoms with van der Waals surface area (Å²) in [4.78, 5) is 0. The van der Waals surface area contributed by atoms with Gasteiger partial charge in [-0.05, 0) is 6.42 Å². The van der Waals surface area contributed by atoms with Crippen LogP contribution in [0.3, 0.4) is 0 Å². The van der Waals surface area contributed by atoms with Crippen LogP contribution in [0.5, 0.6) is 0 Å². The molecule has 0 radical (unpaired) electrons. The highest BCUT2D eigenvalue weighted by atomic mass is 32.3. The van der Waals surface area contributed by atoms with Gasteiger partial charge in [0, 0.05) is 0 Å². The first-order valence-electron chi connectivity index (χ1n) is 7.16. The Balaban J connectivity index is 3.19. The lowest BCUT2D eigenvalue weighted by Gasteiger charge is -2.04. The van der Waals surface area contributed by atoms with Crippen molar-refractivity contribution in [2.24, 2.45) is 5.84 Å². The number of hydrazine groups is 1. The SMILES string of the molecule is CCCCCCCCCCCCOS(=O)(=O)ONN. The van der Waals surface area contributed by atoms with Gasteiger partial charge in [-0.25, -0.2) is 10.0 Å². The van der Waals surface area contributed by atoms with Crippen molar-refractivity contribution in [3.05, 3.63) is 0 Å². The molecule has 0 amide bonds. The van der Waals surface area contributed by atoms with Crippen molar-refractivity contribution in [2.75, 3.05) is 6.61 Å². The third-order valence-electron chi connectivity index (χ3n) is 2.88. The van der Waals surface area contributed by atoms with Crippen LogP contribution in [0, 0.1) is 0 Å². The van der Waals surface area contributed by atoms with E-state index >= 15 is 0 Å². The Hall–Kier alpha value is -0.210. The maximum absolute atomic E-state index is 10.9. The van der Waals surface area contributed by atoms with Crippen molar-refractivity contribution in [3.63, 3.8) is 0 Å². The van der Waals surface area contributed by atoms with Crippen molar-refractivity contribution < 1.29 is 16.9 Å². The maximum Gasteiger partial charge on any atom is 0.417 e. The molecule has 0 spiro atoms. The first-order chi connectivity index (χ1) is 9.12. The molecule has 0 aliphatic heterocycles. The van der Waals surface area contributed by atoms with Crippen LogP contribution in [-0.2, 0) is 18.9 Å². The van der Waals surface area contributed by atoms with Crippen LogP contribution in [0.4, 0.5) is 0 Å². The topological polar surface area (TPSA) is 90.7 Å². The number of rotatable bonds is 14. The monoisotopic (exact) mass is 296 g/mol. The van der Waals surface area contributed by atoms with E-state index in [1.807, 2.05) is 0 Å². The predicted octanol–water partition coefficient (Wildman–Crippen LogP) is 2.56. The van der Waals surface area contributed by atoms with Crippen LogP contribution in [0.2, 0.25) is 0 Å². The Morgan fingerprint density at radius 2 is 1.37 bits per heavy atom. The van der Waals surface area contributed by atoms with Crippen LogP contribution in [0.1, 0.15) is 71.1 Å². The quantitative estimate of drug-likeness (QED) is 0.291. The molecule has 0 aromatic carbocycles. The fraction of sp³-hybridized carbons (Fsp3) is 1.00. The Morgan fingerprint density at radius 3 is 1.84 bits per heavy atom. The second kappa shape index (κ2) is 12.8. The molecule has 0 unspecified atom stereocenters. The van der Waals surface area contributed by atoms with Crippen LogP contribution in [0.25, 0.3) is 0 Å². The molecular weight excluding hydrogens is 268 g/mol. The number of nitrogens with one attached hydrogen (secondary N) is 1. The molecule has 0 aromatic rings. The summed E-state index contributed by atoms with van der Waals surface area (Å²) in [5.74, 6) is 4.71. The summed E-state index contributed by atoms with van der Waals surface area (Å²) in [6, 6.07) is 0. The van der Waals surface area contributed by atoms with Gasteiger partial charge in [0.25, 0.3) is 0 Å². The first-order valence-corrected chi connectivity index (χ1v) is 8.49. The van der Waals surface area contributed by atoms with Crippen molar-refractivity contribution in [2.45, 2.75) is 71.1 Å². The van der Waals surface area contributed by atoms with Gasteiger partial charge in [-0.2, -0.15) is 8.42 Å². The summed E-state index contributed by atoms with van der Waals surface area (Å²) in [6.45, 7) is 2.36. The number of nitrogens with two attached hydrogens (primary N) is 1. The van der Waals surface area contributed by atoms with Gasteiger partial charge in [0.15, 0.2) is 0 Å². The zero-order chi connectivity index (χ0) is 14.4. The molecule has 0 aromatic heterocycles. The van der Waals surface area contributed by atoms with E-state index in [0.717, 1.165) is 12.8 Å². The summed E-state index contributed by atoms with van der Waals surface area (Å²) >= 11 is 0. The normalized spacial score (nSPS) is 11.9. The van der Waals surface area contributed by atoms with Gasteiger partial charge in [0.1, 0.15) is 0 Å². The van der Waals surface area contributed by atoms with E-state index in [-0.39, 0.29) is 6.61 Å². The minimum atomic E-state index is -3.98. The number of hydrogen-bond donors (Lipinski definition) is 2. The molecule has 0 saturated carbocycles. The molecule has 0 aliphatic carbocycles. The third-order valence-corrected chi connectivity index (χ3v) is 3.63. The predicted molar refractivity (Wildman–Crippen MR) is 75.1 cm³/mol. The minimum Gasteiger partial charge on any atom is -0.247 e. The van der Waals surface area contributed by atoms with E-state index in [1.54, 1.807) is 5.59 Å². The minimum absolute atomic E-state index is 0.139. The van der Waals surface area contributed by atoms with E-state index in [4.69, 9.17) is 5.84 Å². The lowest BCUT2D eigenvalue weighted by atomic mass is 10.1. The largest absolute Gasteiger partial charge is 0.417 e. The van der Waals surface area contributed by atoms with Crippen molar-refractivity contribution in [1.29, 1.82) is 0 Å². The van der Waals surface area contributed by atoms with Crippen LogP contribution in [-0.4, -0.2) is 15.0 Å². The average Bonchev–Trinajstić information content (AvgIpc) is 2.36. The Bertz CT molecular complexity index is 283. The Kier molecular flexibility index (Phi) is 12.7. The molecule has 0 atom stereocenters. The molecule has 116 valence electrons. The first kappa shape index (κ1) is 18.8. The zero-order valence-electron chi connectivity index (χ0n) is 11.9. The molecule has 0 heterocycles. The Labute approximate surface area is 117 Å². The second-order valence-corrected chi connectivity index (χ2v) is 5.83. The molecule has 0 aliphatic rings. The number of hydrogen-bond acceptors (Lipinski definition) is 6. The van der Waals surface area contributed by atoms with Crippen LogP contribution >= 0.6 is 0 Å². The van der Waals surface area contributed by atoms with Crippen molar-refractivity contribution in [3.8, 4) is 0 Å². The van der Waals surface area contributed by atoms with E-state index in [9.17, 15) is 8.42 Å². The van der Waals surface area contributed by atoms with Gasteiger partial charge >= 0.3 is 10.4 Å². The zero-order valence-corrected chi connectivity index (χ0v) is 12.7. The van der Waals surface area contributed by atoms with E-state index < -0.39 is 10.4 Å². The van der Waals surface area contributed by atoms with Gasteiger partial charge in [-0.15, -0.1) is 9.87 Å². The summed E-state index contributed by atoms with van der Waals surface area (Å²) in [7, 11) is -3.98. The Morgan fingerprint density at radius 1 is 0.895 bits per heavy atom. The van der Waals surface area contributed by atoms with E-state index in [1.165, 1.54) is 44.9 Å². The highest BCUT2D eigenvalue weighted by molar-refractivity contribution is 7.81. The smallest absolute Gasteiger partial charge is 0.247 e. The molecule has 0 rings (SSSR count). The number of unbranched alkanes of at least 4 members (excludes halogenated alkanes) is 9. The molecule has 0 saturated heterocycles. The van der Waals surface area contributed by atoms with Gasteiger partial charge in [0.2, 0.25) is 0 Å². The fourth-order valence-corrected chi connectivity index (χ4v) is 2.32. The molecule has 0 fully saturated rings. The second-order valence-electron chi connectivity index (χ2n) is 4.61. The lowest BCUT2D eigenvalue weighted by molar-refractivity contribution is 0.149. The average molecular weight is 296 g/mol. The summed E-state index contributed by atoms with van der Waals surface area (Å²) in [5, 5.41) is 0. The standard InChI is InChI=1S/C12H28N2O4S/c1-2-3-4-5-6-7-8-9-10-11-12-17-19(15,16)18-14-13/h14H,2-13H2,1H3. The lowest BCUT2D eigenvalue weighted by Crippen LogP contribution is -2.27. The highest BCUT2D eigenvalue weighted by Crippen LogP contribution is 2.10.